The number of hydrogen-bond donors (Lipinski definition) is 2. The van der Waals surface area contributed by atoms with Crippen molar-refractivity contribution in [1.29, 1.82) is 0 Å². The van der Waals surface area contributed by atoms with Gasteiger partial charge in [0.15, 0.2) is 0 Å². The van der Waals surface area contributed by atoms with Crippen LogP contribution in [0.25, 0.3) is 0 Å². The zero-order chi connectivity index (χ0) is 27.9. The van der Waals surface area contributed by atoms with E-state index in [1.165, 1.54) is 16.8 Å². The summed E-state index contributed by atoms with van der Waals surface area (Å²) < 4.78 is 5.73. The normalized spacial score (nSPS) is 22.8. The molecule has 214 valence electrons. The van der Waals surface area contributed by atoms with E-state index in [1.54, 1.807) is 0 Å². The van der Waals surface area contributed by atoms with E-state index in [1.807, 2.05) is 16.0 Å². The van der Waals surface area contributed by atoms with E-state index in [2.05, 4.69) is 81.9 Å². The smallest absolute Gasteiger partial charge is 0.326 e. The maximum absolute atomic E-state index is 14.2. The van der Waals surface area contributed by atoms with Gasteiger partial charge in [-0.25, -0.2) is 9.78 Å². The number of aryl methyl sites for hydroxylation is 1. The molecule has 4 aliphatic heterocycles. The Morgan fingerprint density at radius 2 is 1.88 bits per heavy atom. The molecule has 10 heteroatoms. The van der Waals surface area contributed by atoms with Gasteiger partial charge in [-0.1, -0.05) is 18.2 Å². The number of para-hydroxylation sites is 1. The number of nitrogens with zero attached hydrogens (tertiary/aromatic N) is 6. The molecule has 2 saturated heterocycles. The van der Waals surface area contributed by atoms with Gasteiger partial charge in [0.1, 0.15) is 5.82 Å². The van der Waals surface area contributed by atoms with Crippen LogP contribution < -0.4 is 20.4 Å². The topological polar surface area (TPSA) is 89.1 Å². The number of rotatable bonds is 5. The Kier molecular flexibility index (Phi) is 6.88. The number of hydrogen-bond acceptors (Lipinski definition) is 8. The molecule has 0 bridgehead atoms. The molecule has 5 heterocycles. The zero-order valence-electron chi connectivity index (χ0n) is 23.8. The van der Waals surface area contributed by atoms with Crippen molar-refractivity contribution in [2.24, 2.45) is 0 Å². The van der Waals surface area contributed by atoms with E-state index >= 15 is 0 Å². The Balaban J connectivity index is 1.16. The second-order valence-corrected chi connectivity index (χ2v) is 11.6. The molecular formula is C31H38N8O2. The fourth-order valence-electron chi connectivity index (χ4n) is 6.53. The van der Waals surface area contributed by atoms with Gasteiger partial charge in [0.05, 0.1) is 25.2 Å². The lowest BCUT2D eigenvalue weighted by Crippen LogP contribution is -2.54. The van der Waals surface area contributed by atoms with Gasteiger partial charge in [0, 0.05) is 68.2 Å². The predicted molar refractivity (Wildman–Crippen MR) is 161 cm³/mol. The van der Waals surface area contributed by atoms with Crippen LogP contribution in [0.15, 0.2) is 48.7 Å². The fourth-order valence-corrected chi connectivity index (χ4v) is 6.53. The number of likely N-dealkylation sites (N-methyl/N-ethyl adjacent to an activating group) is 1. The third kappa shape index (κ3) is 4.95. The number of piperazine rings is 1. The van der Waals surface area contributed by atoms with E-state index in [9.17, 15) is 4.79 Å². The van der Waals surface area contributed by atoms with Gasteiger partial charge in [-0.2, -0.15) is 4.98 Å². The summed E-state index contributed by atoms with van der Waals surface area (Å²) in [6.45, 7) is 8.81. The van der Waals surface area contributed by atoms with Crippen molar-refractivity contribution >= 4 is 34.9 Å². The molecule has 0 spiro atoms. The first kappa shape index (κ1) is 26.0. The van der Waals surface area contributed by atoms with Crippen LogP contribution in [0.4, 0.5) is 33.6 Å². The van der Waals surface area contributed by atoms with Gasteiger partial charge in [0.2, 0.25) is 5.95 Å². The minimum Gasteiger partial charge on any atom is -0.384 e. The largest absolute Gasteiger partial charge is 0.384 e. The number of benzene rings is 2. The molecule has 3 aromatic rings. The Hall–Kier alpha value is -3.89. The fraction of sp³-hybridized carbons (Fsp3) is 0.452. The Morgan fingerprint density at radius 3 is 2.66 bits per heavy atom. The lowest BCUT2D eigenvalue weighted by atomic mass is 9.93. The average molecular weight is 555 g/mol. The first-order valence-corrected chi connectivity index (χ1v) is 14.7. The Morgan fingerprint density at radius 1 is 1.05 bits per heavy atom. The molecule has 2 atom stereocenters. The molecule has 0 saturated carbocycles. The molecule has 1 aromatic heterocycles. The second kappa shape index (κ2) is 10.8. The van der Waals surface area contributed by atoms with E-state index in [0.717, 1.165) is 62.5 Å². The van der Waals surface area contributed by atoms with Gasteiger partial charge in [-0.15, -0.1) is 0 Å². The van der Waals surface area contributed by atoms with Crippen LogP contribution in [0.2, 0.25) is 0 Å². The summed E-state index contributed by atoms with van der Waals surface area (Å²) >= 11 is 0. The number of carbonyl (C=O) groups is 1. The summed E-state index contributed by atoms with van der Waals surface area (Å²) in [5.74, 6) is 1.18. The summed E-state index contributed by atoms with van der Waals surface area (Å²) in [6.07, 6.45) is 3.53. The van der Waals surface area contributed by atoms with Crippen LogP contribution in [-0.4, -0.2) is 84.8 Å². The predicted octanol–water partition coefficient (Wildman–Crippen LogP) is 4.37. The van der Waals surface area contributed by atoms with Crippen molar-refractivity contribution in [2.45, 2.75) is 38.4 Å². The van der Waals surface area contributed by atoms with Crippen LogP contribution in [0, 0.1) is 6.92 Å². The molecule has 7 rings (SSSR count). The first-order chi connectivity index (χ1) is 20.0. The van der Waals surface area contributed by atoms with Gasteiger partial charge < -0.3 is 30.1 Å². The van der Waals surface area contributed by atoms with Crippen LogP contribution >= 0.6 is 0 Å². The maximum Gasteiger partial charge on any atom is 0.326 e. The monoisotopic (exact) mass is 554 g/mol. The molecule has 2 fully saturated rings. The highest BCUT2D eigenvalue weighted by molar-refractivity contribution is 5.95. The zero-order valence-corrected chi connectivity index (χ0v) is 23.8. The molecule has 0 aliphatic carbocycles. The summed E-state index contributed by atoms with van der Waals surface area (Å²) in [4.78, 5) is 32.5. The highest BCUT2D eigenvalue weighted by Gasteiger charge is 2.42. The number of ether oxygens (including phenoxy) is 1. The third-order valence-corrected chi connectivity index (χ3v) is 8.88. The van der Waals surface area contributed by atoms with Gasteiger partial charge in [-0.05, 0) is 62.2 Å². The molecule has 0 radical (unpaired) electrons. The van der Waals surface area contributed by atoms with Crippen LogP contribution in [-0.2, 0) is 11.3 Å². The Bertz CT molecular complexity index is 1420. The van der Waals surface area contributed by atoms with Crippen LogP contribution in [0.5, 0.6) is 0 Å². The van der Waals surface area contributed by atoms with Crippen molar-refractivity contribution < 1.29 is 9.53 Å². The summed E-state index contributed by atoms with van der Waals surface area (Å²) in [5.41, 5.74) is 6.63. The van der Waals surface area contributed by atoms with E-state index < -0.39 is 0 Å². The van der Waals surface area contributed by atoms with Crippen LogP contribution in [0.3, 0.4) is 0 Å². The number of fused-ring (bicyclic) bond motifs is 2. The molecule has 2 amide bonds. The molecule has 2 aromatic carbocycles. The van der Waals surface area contributed by atoms with E-state index in [0.29, 0.717) is 31.5 Å². The van der Waals surface area contributed by atoms with Crippen molar-refractivity contribution in [2.75, 3.05) is 73.4 Å². The number of carbonyl (C=O) groups excluding carboxylic acids is 1. The van der Waals surface area contributed by atoms with Crippen molar-refractivity contribution in [3.8, 4) is 0 Å². The number of nitrogens with one attached hydrogen (secondary N) is 2. The van der Waals surface area contributed by atoms with Gasteiger partial charge in [0.25, 0.3) is 0 Å². The number of anilines is 5. The van der Waals surface area contributed by atoms with E-state index in [-0.39, 0.29) is 18.1 Å². The lowest BCUT2D eigenvalue weighted by molar-refractivity contribution is 0.161. The maximum atomic E-state index is 14.2. The van der Waals surface area contributed by atoms with Crippen molar-refractivity contribution in [3.05, 3.63) is 65.4 Å². The molecular weight excluding hydrogens is 516 g/mol. The van der Waals surface area contributed by atoms with Gasteiger partial charge >= 0.3 is 6.03 Å². The number of aromatic nitrogens is 2. The summed E-state index contributed by atoms with van der Waals surface area (Å²) in [5, 5.41) is 6.92. The van der Waals surface area contributed by atoms with Crippen molar-refractivity contribution in [3.63, 3.8) is 0 Å². The molecule has 1 unspecified atom stereocenters. The standard InChI is InChI=1S/C31H38N8O2/c1-21-4-3-5-26-27(10-12-32-28(21)26)38-19-22-18-33-30(35-29(22)39(31(38)40)25-11-17-41-20-25)34-23-6-8-24(9-7-23)37-15-13-36(2)14-16-37/h3-9,18,25,27,32H,10-17,19-20H2,1-2H3,(H,33,34,35)/t25?,27-/m0/s1. The Labute approximate surface area is 241 Å². The second-order valence-electron chi connectivity index (χ2n) is 11.6. The summed E-state index contributed by atoms with van der Waals surface area (Å²) in [6, 6.07) is 14.7. The summed E-state index contributed by atoms with van der Waals surface area (Å²) in [7, 11) is 2.17. The van der Waals surface area contributed by atoms with Gasteiger partial charge in [-0.3, -0.25) is 4.90 Å². The lowest BCUT2D eigenvalue weighted by Gasteiger charge is -2.44. The molecule has 10 nitrogen and oxygen atoms in total. The highest BCUT2D eigenvalue weighted by atomic mass is 16.5. The molecule has 2 N–H and O–H groups in total. The highest BCUT2D eigenvalue weighted by Crippen LogP contribution is 2.41. The number of urea groups is 1. The molecule has 4 aliphatic rings. The van der Waals surface area contributed by atoms with Crippen LogP contribution in [0.1, 0.15) is 35.6 Å². The van der Waals surface area contributed by atoms with E-state index in [4.69, 9.17) is 9.72 Å². The third-order valence-electron chi connectivity index (χ3n) is 8.88. The average Bonchev–Trinajstić information content (AvgIpc) is 3.52. The SMILES string of the molecule is Cc1cccc2c1NCC[C@@H]2N1Cc2cnc(Nc3ccc(N4CCN(C)CC4)cc3)nc2N(C2CCOC2)C1=O. The minimum atomic E-state index is -0.0478. The number of amides is 2. The minimum absolute atomic E-state index is 0.00599. The molecule has 41 heavy (non-hydrogen) atoms. The quantitative estimate of drug-likeness (QED) is 0.481. The first-order valence-electron chi connectivity index (χ1n) is 14.7. The van der Waals surface area contributed by atoms with Crippen molar-refractivity contribution in [1.82, 2.24) is 19.8 Å².